The summed E-state index contributed by atoms with van der Waals surface area (Å²) in [6.45, 7) is 1.83. The van der Waals surface area contributed by atoms with Gasteiger partial charge in [-0.15, -0.1) is 0 Å². The molecule has 0 radical (unpaired) electrons. The van der Waals surface area contributed by atoms with Crippen molar-refractivity contribution in [3.8, 4) is 0 Å². The molecule has 0 unspecified atom stereocenters. The molecule has 0 spiro atoms. The molecule has 4 aromatic rings. The van der Waals surface area contributed by atoms with Crippen LogP contribution in [0.3, 0.4) is 0 Å². The van der Waals surface area contributed by atoms with E-state index in [9.17, 15) is 9.59 Å². The number of nitrogens with zero attached hydrogens (tertiary/aromatic N) is 3. The Kier molecular flexibility index (Phi) is 3.80. The molecule has 6 heteroatoms. The summed E-state index contributed by atoms with van der Waals surface area (Å²) in [5.41, 5.74) is 3.13. The first kappa shape index (κ1) is 16.1. The molecule has 0 bridgehead atoms. The monoisotopic (exact) mass is 347 g/mol. The van der Waals surface area contributed by atoms with Gasteiger partial charge in [-0.25, -0.2) is 9.78 Å². The Labute approximate surface area is 149 Å². The molecule has 26 heavy (non-hydrogen) atoms. The fourth-order valence-electron chi connectivity index (χ4n) is 3.10. The van der Waals surface area contributed by atoms with E-state index in [2.05, 4.69) is 4.98 Å². The molecule has 3 heterocycles. The van der Waals surface area contributed by atoms with Crippen LogP contribution in [-0.2, 0) is 18.4 Å². The fourth-order valence-corrected chi connectivity index (χ4v) is 3.10. The Balaban J connectivity index is 1.63. The molecular formula is C20H17N3O3. The highest BCUT2D eigenvalue weighted by Crippen LogP contribution is 2.21. The summed E-state index contributed by atoms with van der Waals surface area (Å²) < 4.78 is 8.78. The number of hydrogen-bond donors (Lipinski definition) is 0. The van der Waals surface area contributed by atoms with Crippen LogP contribution in [0.5, 0.6) is 0 Å². The molecule has 0 N–H and O–H groups in total. The van der Waals surface area contributed by atoms with Crippen LogP contribution in [0.2, 0.25) is 0 Å². The van der Waals surface area contributed by atoms with Crippen molar-refractivity contribution < 1.29 is 9.53 Å². The Hall–Kier alpha value is -3.41. The quantitative estimate of drug-likeness (QED) is 0.535. The molecule has 0 atom stereocenters. The van der Waals surface area contributed by atoms with Crippen molar-refractivity contribution in [3.63, 3.8) is 0 Å². The molecule has 0 aliphatic heterocycles. The summed E-state index contributed by atoms with van der Waals surface area (Å²) in [6, 6.07) is 12.7. The number of benzene rings is 1. The topological polar surface area (TPSA) is 65.6 Å². The Bertz CT molecular complexity index is 1200. The minimum absolute atomic E-state index is 0.0534. The van der Waals surface area contributed by atoms with Gasteiger partial charge in [0.25, 0.3) is 5.56 Å². The van der Waals surface area contributed by atoms with Crippen LogP contribution in [0.15, 0.2) is 59.7 Å². The summed E-state index contributed by atoms with van der Waals surface area (Å²) in [5, 5.41) is 0.836. The number of aryl methyl sites for hydroxylation is 2. The highest BCUT2D eigenvalue weighted by atomic mass is 16.5. The Morgan fingerprint density at radius 2 is 2.00 bits per heavy atom. The van der Waals surface area contributed by atoms with Gasteiger partial charge in [0.1, 0.15) is 12.3 Å². The lowest BCUT2D eigenvalue weighted by Gasteiger charge is -2.07. The van der Waals surface area contributed by atoms with E-state index in [0.29, 0.717) is 16.9 Å². The molecule has 6 nitrogen and oxygen atoms in total. The number of ether oxygens (including phenoxy) is 1. The second kappa shape index (κ2) is 6.15. The maximum atomic E-state index is 12.5. The van der Waals surface area contributed by atoms with Crippen LogP contribution in [-0.4, -0.2) is 19.9 Å². The number of hydrogen-bond acceptors (Lipinski definition) is 4. The zero-order valence-corrected chi connectivity index (χ0v) is 14.5. The summed E-state index contributed by atoms with van der Waals surface area (Å²) in [7, 11) is 1.88. The molecule has 0 amide bonds. The molecule has 0 fully saturated rings. The van der Waals surface area contributed by atoms with E-state index >= 15 is 0 Å². The lowest BCUT2D eigenvalue weighted by atomic mass is 10.2. The molecule has 1 aromatic carbocycles. The minimum Gasteiger partial charge on any atom is -0.456 e. The number of rotatable bonds is 3. The van der Waals surface area contributed by atoms with Crippen molar-refractivity contribution in [1.82, 2.24) is 14.0 Å². The van der Waals surface area contributed by atoms with Crippen molar-refractivity contribution in [2.75, 3.05) is 0 Å². The molecule has 0 aliphatic rings. The predicted octanol–water partition coefficient (Wildman–Crippen LogP) is 2.85. The van der Waals surface area contributed by atoms with Crippen LogP contribution < -0.4 is 5.56 Å². The van der Waals surface area contributed by atoms with Gasteiger partial charge in [0.15, 0.2) is 0 Å². The number of esters is 1. The average molecular weight is 347 g/mol. The summed E-state index contributed by atoms with van der Waals surface area (Å²) in [6.07, 6.45) is 3.42. The van der Waals surface area contributed by atoms with Crippen LogP contribution >= 0.6 is 0 Å². The third-order valence-corrected chi connectivity index (χ3v) is 4.41. The summed E-state index contributed by atoms with van der Waals surface area (Å²) in [4.78, 5) is 29.2. The van der Waals surface area contributed by atoms with E-state index in [-0.39, 0.29) is 12.2 Å². The van der Waals surface area contributed by atoms with Crippen molar-refractivity contribution >= 4 is 22.5 Å². The van der Waals surface area contributed by atoms with Crippen LogP contribution in [0, 0.1) is 6.92 Å². The van der Waals surface area contributed by atoms with Gasteiger partial charge < -0.3 is 9.30 Å². The molecule has 3 aromatic heterocycles. The second-order valence-corrected chi connectivity index (χ2v) is 6.22. The van der Waals surface area contributed by atoms with Crippen molar-refractivity contribution in [3.05, 3.63) is 82.0 Å². The van der Waals surface area contributed by atoms with Crippen molar-refractivity contribution in [1.29, 1.82) is 0 Å². The summed E-state index contributed by atoms with van der Waals surface area (Å²) in [5.74, 6) is -0.436. The average Bonchev–Trinajstić information content (AvgIpc) is 2.98. The van der Waals surface area contributed by atoms with Gasteiger partial charge in [-0.1, -0.05) is 24.3 Å². The van der Waals surface area contributed by atoms with Crippen LogP contribution in [0.4, 0.5) is 0 Å². The SMILES string of the molecule is Cc1cccn2c(=O)cc(COC(=O)c3cn(C)c4ccccc34)nc12. The maximum Gasteiger partial charge on any atom is 0.340 e. The lowest BCUT2D eigenvalue weighted by molar-refractivity contribution is 0.0470. The van der Waals surface area contributed by atoms with E-state index in [0.717, 1.165) is 16.5 Å². The Morgan fingerprint density at radius 3 is 2.85 bits per heavy atom. The first-order valence-electron chi connectivity index (χ1n) is 8.23. The number of para-hydroxylation sites is 1. The molecule has 130 valence electrons. The van der Waals surface area contributed by atoms with Gasteiger partial charge in [0.05, 0.1) is 11.3 Å². The zero-order valence-electron chi connectivity index (χ0n) is 14.5. The van der Waals surface area contributed by atoms with E-state index in [1.54, 1.807) is 18.5 Å². The van der Waals surface area contributed by atoms with Crippen molar-refractivity contribution in [2.24, 2.45) is 7.05 Å². The third kappa shape index (κ3) is 2.65. The first-order chi connectivity index (χ1) is 12.5. The molecule has 0 saturated carbocycles. The lowest BCUT2D eigenvalue weighted by Crippen LogP contribution is -2.17. The smallest absolute Gasteiger partial charge is 0.340 e. The van der Waals surface area contributed by atoms with E-state index in [4.69, 9.17) is 4.74 Å². The zero-order chi connectivity index (χ0) is 18.3. The number of pyridine rings is 1. The minimum atomic E-state index is -0.436. The number of fused-ring (bicyclic) bond motifs is 2. The maximum absolute atomic E-state index is 12.5. The van der Waals surface area contributed by atoms with Gasteiger partial charge in [0.2, 0.25) is 0 Å². The second-order valence-electron chi connectivity index (χ2n) is 6.22. The van der Waals surface area contributed by atoms with E-state index in [1.165, 1.54) is 10.5 Å². The highest BCUT2D eigenvalue weighted by molar-refractivity contribution is 6.04. The molecular weight excluding hydrogens is 330 g/mol. The predicted molar refractivity (Wildman–Crippen MR) is 98.2 cm³/mol. The van der Waals surface area contributed by atoms with Gasteiger partial charge in [-0.3, -0.25) is 9.20 Å². The van der Waals surface area contributed by atoms with Gasteiger partial charge in [-0.2, -0.15) is 0 Å². The van der Waals surface area contributed by atoms with E-state index in [1.807, 2.05) is 48.9 Å². The van der Waals surface area contributed by atoms with Gasteiger partial charge in [-0.05, 0) is 24.6 Å². The highest BCUT2D eigenvalue weighted by Gasteiger charge is 2.15. The van der Waals surface area contributed by atoms with Gasteiger partial charge in [0, 0.05) is 36.4 Å². The number of aromatic nitrogens is 3. The first-order valence-corrected chi connectivity index (χ1v) is 8.23. The van der Waals surface area contributed by atoms with Crippen molar-refractivity contribution in [2.45, 2.75) is 13.5 Å². The molecule has 4 rings (SSSR count). The fraction of sp³-hybridized carbons (Fsp3) is 0.150. The molecule has 0 saturated heterocycles. The van der Waals surface area contributed by atoms with E-state index < -0.39 is 5.97 Å². The summed E-state index contributed by atoms with van der Waals surface area (Å²) >= 11 is 0. The standard InChI is InChI=1S/C20H17N3O3/c1-13-6-5-9-23-18(24)10-14(21-19(13)23)12-26-20(25)16-11-22(2)17-8-4-3-7-15(16)17/h3-11H,12H2,1-2H3. The molecule has 0 aliphatic carbocycles. The third-order valence-electron chi connectivity index (χ3n) is 4.41. The number of carbonyl (C=O) groups excluding carboxylic acids is 1. The normalized spacial score (nSPS) is 11.2. The van der Waals surface area contributed by atoms with Crippen LogP contribution in [0.25, 0.3) is 16.6 Å². The largest absolute Gasteiger partial charge is 0.456 e. The Morgan fingerprint density at radius 1 is 1.19 bits per heavy atom. The van der Waals surface area contributed by atoms with Gasteiger partial charge >= 0.3 is 5.97 Å². The number of carbonyl (C=O) groups is 1. The van der Waals surface area contributed by atoms with Crippen LogP contribution in [0.1, 0.15) is 21.6 Å².